The van der Waals surface area contributed by atoms with Gasteiger partial charge in [-0.3, -0.25) is 0 Å². The summed E-state index contributed by atoms with van der Waals surface area (Å²) in [7, 11) is 0. The number of halogens is 2. The van der Waals surface area contributed by atoms with Gasteiger partial charge >= 0.3 is 0 Å². The zero-order chi connectivity index (χ0) is 13.3. The molecule has 18 heavy (non-hydrogen) atoms. The third-order valence-corrected chi connectivity index (χ3v) is 3.84. The molecule has 0 bridgehead atoms. The summed E-state index contributed by atoms with van der Waals surface area (Å²) in [4.78, 5) is 2.21. The minimum absolute atomic E-state index is 0.0251. The van der Waals surface area contributed by atoms with E-state index in [-0.39, 0.29) is 10.6 Å². The molecule has 1 fully saturated rings. The number of nitriles is 1. The second-order valence-electron chi connectivity index (χ2n) is 5.45. The summed E-state index contributed by atoms with van der Waals surface area (Å²) in [5.74, 6) is -0.0279. The highest BCUT2D eigenvalue weighted by molar-refractivity contribution is 6.31. The first-order chi connectivity index (χ1) is 8.44. The van der Waals surface area contributed by atoms with Gasteiger partial charge in [0.1, 0.15) is 5.82 Å². The first kappa shape index (κ1) is 13.2. The lowest BCUT2D eigenvalue weighted by Gasteiger charge is -2.33. The van der Waals surface area contributed by atoms with Gasteiger partial charge in [0, 0.05) is 24.2 Å². The lowest BCUT2D eigenvalue weighted by atomic mass is 9.95. The molecule has 0 N–H and O–H groups in total. The van der Waals surface area contributed by atoms with Crippen molar-refractivity contribution in [1.82, 2.24) is 0 Å². The number of nitrogens with zero attached hydrogens (tertiary/aromatic N) is 2. The molecule has 0 aliphatic carbocycles. The predicted octanol–water partition coefficient (Wildman–Crippen LogP) is 4.00. The molecular weight excluding hydrogens is 251 g/mol. The zero-order valence-corrected chi connectivity index (χ0v) is 11.3. The quantitative estimate of drug-likeness (QED) is 0.809. The van der Waals surface area contributed by atoms with Gasteiger partial charge in [0.05, 0.1) is 11.1 Å². The van der Waals surface area contributed by atoms with E-state index in [1.165, 1.54) is 6.07 Å². The summed E-state index contributed by atoms with van der Waals surface area (Å²) in [6, 6.07) is 7.03. The first-order valence-corrected chi connectivity index (χ1v) is 6.41. The van der Waals surface area contributed by atoms with Crippen LogP contribution in [-0.4, -0.2) is 12.1 Å². The van der Waals surface area contributed by atoms with Crippen LogP contribution in [0.25, 0.3) is 0 Å². The van der Waals surface area contributed by atoms with Gasteiger partial charge in [-0.1, -0.05) is 11.6 Å². The van der Waals surface area contributed by atoms with E-state index < -0.39 is 5.82 Å². The lowest BCUT2D eigenvalue weighted by Crippen LogP contribution is -2.38. The van der Waals surface area contributed by atoms with E-state index in [1.807, 2.05) is 0 Å². The fraction of sp³-hybridized carbons (Fsp3) is 0.500. The largest absolute Gasteiger partial charge is 0.366 e. The summed E-state index contributed by atoms with van der Waals surface area (Å²) in [6.45, 7) is 5.10. The van der Waals surface area contributed by atoms with E-state index in [1.54, 1.807) is 12.1 Å². The minimum Gasteiger partial charge on any atom is -0.366 e. The molecule has 0 spiro atoms. The van der Waals surface area contributed by atoms with Crippen LogP contribution in [-0.2, 0) is 0 Å². The maximum atomic E-state index is 13.2. The highest BCUT2D eigenvalue weighted by atomic mass is 35.5. The zero-order valence-electron chi connectivity index (χ0n) is 10.6. The molecule has 0 amide bonds. The maximum absolute atomic E-state index is 13.2. The Kier molecular flexibility index (Phi) is 3.49. The maximum Gasteiger partial charge on any atom is 0.141 e. The molecule has 1 aliphatic rings. The van der Waals surface area contributed by atoms with E-state index in [0.29, 0.717) is 12.3 Å². The fourth-order valence-electron chi connectivity index (χ4n) is 2.76. The van der Waals surface area contributed by atoms with Crippen molar-refractivity contribution in [2.75, 3.05) is 11.4 Å². The Labute approximate surface area is 112 Å². The van der Waals surface area contributed by atoms with Crippen LogP contribution in [0, 0.1) is 23.1 Å². The number of benzene rings is 1. The fourth-order valence-corrected chi connectivity index (χ4v) is 2.93. The number of hydrogen-bond donors (Lipinski definition) is 0. The standard InChI is InChI=1S/C14H16ClFN2/c1-14(2)8-10(5-6-17)9-18(14)11-3-4-13(16)12(15)7-11/h3-4,7,10H,5,8-9H2,1-2H3. The molecule has 2 rings (SSSR count). The van der Waals surface area contributed by atoms with Gasteiger partial charge in [0.15, 0.2) is 0 Å². The highest BCUT2D eigenvalue weighted by Crippen LogP contribution is 2.38. The molecule has 4 heteroatoms. The molecule has 1 atom stereocenters. The molecule has 1 heterocycles. The van der Waals surface area contributed by atoms with Crippen molar-refractivity contribution >= 4 is 17.3 Å². The molecule has 96 valence electrons. The van der Waals surface area contributed by atoms with Gasteiger partial charge in [-0.2, -0.15) is 5.26 Å². The number of hydrogen-bond acceptors (Lipinski definition) is 2. The van der Waals surface area contributed by atoms with Gasteiger partial charge in [-0.25, -0.2) is 4.39 Å². The molecule has 0 saturated carbocycles. The topological polar surface area (TPSA) is 27.0 Å². The Morgan fingerprint density at radius 3 is 2.89 bits per heavy atom. The van der Waals surface area contributed by atoms with Gasteiger partial charge in [-0.05, 0) is 44.4 Å². The summed E-state index contributed by atoms with van der Waals surface area (Å²) >= 11 is 5.83. The van der Waals surface area contributed by atoms with E-state index in [2.05, 4.69) is 24.8 Å². The number of anilines is 1. The molecule has 2 nitrogen and oxygen atoms in total. The van der Waals surface area contributed by atoms with Crippen LogP contribution in [0.1, 0.15) is 26.7 Å². The van der Waals surface area contributed by atoms with Gasteiger partial charge in [0.2, 0.25) is 0 Å². The van der Waals surface area contributed by atoms with E-state index in [0.717, 1.165) is 18.7 Å². The van der Waals surface area contributed by atoms with Crippen molar-refractivity contribution in [1.29, 1.82) is 5.26 Å². The Bertz CT molecular complexity index is 493. The van der Waals surface area contributed by atoms with Gasteiger partial charge in [0.25, 0.3) is 0 Å². The SMILES string of the molecule is CC1(C)CC(CC#N)CN1c1ccc(F)c(Cl)c1. The van der Waals surface area contributed by atoms with Crippen molar-refractivity contribution in [3.8, 4) is 6.07 Å². The van der Waals surface area contributed by atoms with Gasteiger partial charge < -0.3 is 4.90 Å². The van der Waals surface area contributed by atoms with E-state index in [4.69, 9.17) is 16.9 Å². The average Bonchev–Trinajstić information content (AvgIpc) is 2.58. The third kappa shape index (κ3) is 2.44. The summed E-state index contributed by atoms with van der Waals surface area (Å²) in [6.07, 6.45) is 1.53. The molecule has 1 unspecified atom stereocenters. The van der Waals surface area contributed by atoms with Crippen molar-refractivity contribution in [2.45, 2.75) is 32.2 Å². The van der Waals surface area contributed by atoms with Crippen molar-refractivity contribution in [2.24, 2.45) is 5.92 Å². The van der Waals surface area contributed by atoms with Crippen molar-refractivity contribution < 1.29 is 4.39 Å². The summed E-state index contributed by atoms with van der Waals surface area (Å²) in [5.41, 5.74) is 0.898. The van der Waals surface area contributed by atoms with Crippen LogP contribution in [0.2, 0.25) is 5.02 Å². The van der Waals surface area contributed by atoms with Crippen LogP contribution >= 0.6 is 11.6 Å². The Morgan fingerprint density at radius 2 is 2.28 bits per heavy atom. The molecule has 1 aromatic carbocycles. The van der Waals surface area contributed by atoms with Gasteiger partial charge in [-0.15, -0.1) is 0 Å². The lowest BCUT2D eigenvalue weighted by molar-refractivity contribution is 0.476. The van der Waals surface area contributed by atoms with Crippen molar-refractivity contribution in [3.63, 3.8) is 0 Å². The Hall–Kier alpha value is -1.27. The molecule has 0 radical (unpaired) electrons. The molecular formula is C14H16ClFN2. The molecule has 1 saturated heterocycles. The molecule has 0 aromatic heterocycles. The summed E-state index contributed by atoms with van der Waals surface area (Å²) in [5, 5.41) is 8.94. The van der Waals surface area contributed by atoms with Crippen LogP contribution in [0.4, 0.5) is 10.1 Å². The van der Waals surface area contributed by atoms with E-state index >= 15 is 0 Å². The molecule has 1 aromatic rings. The van der Waals surface area contributed by atoms with Crippen molar-refractivity contribution in [3.05, 3.63) is 29.0 Å². The van der Waals surface area contributed by atoms with E-state index in [9.17, 15) is 4.39 Å². The minimum atomic E-state index is -0.397. The van der Waals surface area contributed by atoms with Crippen LogP contribution < -0.4 is 4.90 Å². The smallest absolute Gasteiger partial charge is 0.141 e. The molecule has 1 aliphatic heterocycles. The third-order valence-electron chi connectivity index (χ3n) is 3.55. The second kappa shape index (κ2) is 4.78. The normalized spacial score (nSPS) is 21.9. The number of rotatable bonds is 2. The average molecular weight is 267 g/mol. The van der Waals surface area contributed by atoms with Crippen LogP contribution in [0.3, 0.4) is 0 Å². The second-order valence-corrected chi connectivity index (χ2v) is 5.86. The van der Waals surface area contributed by atoms with Crippen LogP contribution in [0.15, 0.2) is 18.2 Å². The monoisotopic (exact) mass is 266 g/mol. The first-order valence-electron chi connectivity index (χ1n) is 6.03. The Balaban J connectivity index is 2.27. The van der Waals surface area contributed by atoms with Crippen LogP contribution in [0.5, 0.6) is 0 Å². The predicted molar refractivity (Wildman–Crippen MR) is 71.2 cm³/mol. The highest BCUT2D eigenvalue weighted by Gasteiger charge is 2.38. The summed E-state index contributed by atoms with van der Waals surface area (Å²) < 4.78 is 13.2. The Morgan fingerprint density at radius 1 is 1.56 bits per heavy atom.